The molecule has 0 saturated carbocycles. The first-order valence-corrected chi connectivity index (χ1v) is 14.7. The van der Waals surface area contributed by atoms with Crippen molar-refractivity contribution in [2.24, 2.45) is 0 Å². The molecule has 0 heterocycles. The SMILES string of the molecule is CC(OS(=O)(=O)CCCCCCS(=O)(=O)OC(C)[S+](C)[O-])S(=O)OC(C)(C)C. The number of rotatable bonds is 14. The summed E-state index contributed by atoms with van der Waals surface area (Å²) >= 11 is -3.32. The Morgan fingerprint density at radius 3 is 1.75 bits per heavy atom. The molecule has 0 fully saturated rings. The second kappa shape index (κ2) is 12.2. The third kappa shape index (κ3) is 14.3. The Labute approximate surface area is 175 Å². The minimum Gasteiger partial charge on any atom is -0.615 e. The molecule has 0 aliphatic carbocycles. The van der Waals surface area contributed by atoms with E-state index in [9.17, 15) is 25.6 Å². The smallest absolute Gasteiger partial charge is 0.271 e. The van der Waals surface area contributed by atoms with Gasteiger partial charge in [-0.2, -0.15) is 16.8 Å². The van der Waals surface area contributed by atoms with Gasteiger partial charge in [-0.25, -0.2) is 8.39 Å². The second-order valence-electron chi connectivity index (χ2n) is 7.22. The maximum absolute atomic E-state index is 11.9. The molecule has 0 aliphatic rings. The molecular weight excluding hydrogens is 452 g/mol. The van der Waals surface area contributed by atoms with E-state index in [1.54, 1.807) is 20.8 Å². The quantitative estimate of drug-likeness (QED) is 0.205. The molecule has 9 nitrogen and oxygen atoms in total. The fourth-order valence-electron chi connectivity index (χ4n) is 1.82. The Bertz CT molecular complexity index is 681. The second-order valence-corrected chi connectivity index (χ2v) is 13.7. The molecule has 0 rings (SSSR count). The Kier molecular flexibility index (Phi) is 12.3. The van der Waals surface area contributed by atoms with E-state index in [-0.39, 0.29) is 17.9 Å². The average Bonchev–Trinajstić information content (AvgIpc) is 2.47. The van der Waals surface area contributed by atoms with Crippen molar-refractivity contribution in [3.05, 3.63) is 0 Å². The van der Waals surface area contributed by atoms with Gasteiger partial charge in [-0.15, -0.1) is 0 Å². The summed E-state index contributed by atoms with van der Waals surface area (Å²) in [7, 11) is -7.64. The molecule has 0 aliphatic heterocycles. The van der Waals surface area contributed by atoms with Crippen LogP contribution in [0.2, 0.25) is 0 Å². The minimum absolute atomic E-state index is 0.224. The Morgan fingerprint density at radius 1 is 0.929 bits per heavy atom. The molecule has 28 heavy (non-hydrogen) atoms. The predicted molar refractivity (Wildman–Crippen MR) is 110 cm³/mol. The van der Waals surface area contributed by atoms with Gasteiger partial charge in [-0.1, -0.05) is 12.8 Å². The van der Waals surface area contributed by atoms with E-state index in [4.69, 9.17) is 12.5 Å². The Balaban J connectivity index is 4.18. The molecule has 0 bridgehead atoms. The number of hydrogen-bond acceptors (Lipinski definition) is 9. The van der Waals surface area contributed by atoms with Crippen LogP contribution < -0.4 is 0 Å². The zero-order chi connectivity index (χ0) is 22.2. The van der Waals surface area contributed by atoms with Crippen LogP contribution in [-0.4, -0.2) is 59.8 Å². The predicted octanol–water partition coefficient (Wildman–Crippen LogP) is 1.79. The summed E-state index contributed by atoms with van der Waals surface area (Å²) in [6.07, 6.45) is 2.89. The topological polar surface area (TPSA) is 136 Å². The molecule has 13 heteroatoms. The lowest BCUT2D eigenvalue weighted by molar-refractivity contribution is 0.140. The largest absolute Gasteiger partial charge is 0.615 e. The third-order valence-corrected chi connectivity index (χ3v) is 8.49. The zero-order valence-corrected chi connectivity index (χ0v) is 20.5. The fourth-order valence-corrected chi connectivity index (χ4v) is 6.00. The van der Waals surface area contributed by atoms with Gasteiger partial charge in [0.25, 0.3) is 20.2 Å². The van der Waals surface area contributed by atoms with Crippen LogP contribution in [0.15, 0.2) is 0 Å². The fraction of sp³-hybridized carbons (Fsp3) is 1.00. The van der Waals surface area contributed by atoms with Gasteiger partial charge >= 0.3 is 0 Å². The standard InChI is InChI=1S/C15H32O9S4/c1-13(25(6)16)22-27(18,19)11-9-7-8-10-12-28(20,21)23-14(2)26(17)24-15(3,4)5/h13-14H,7-12H2,1-6H3. The molecule has 0 saturated heterocycles. The van der Waals surface area contributed by atoms with E-state index < -0.39 is 59.0 Å². The lowest BCUT2D eigenvalue weighted by atomic mass is 10.2. The van der Waals surface area contributed by atoms with Gasteiger partial charge < -0.3 is 4.55 Å². The Hall–Kier alpha value is 0.240. The highest BCUT2D eigenvalue weighted by molar-refractivity contribution is 7.92. The molecule has 170 valence electrons. The number of hydrogen-bond donors (Lipinski definition) is 0. The molecular formula is C15H32O9S4. The molecule has 0 spiro atoms. The summed E-state index contributed by atoms with van der Waals surface area (Å²) in [6.45, 7) is 7.85. The summed E-state index contributed by atoms with van der Waals surface area (Å²) in [5.41, 5.74) is -2.72. The highest BCUT2D eigenvalue weighted by Gasteiger charge is 2.25. The van der Waals surface area contributed by atoms with Crippen LogP contribution in [0.1, 0.15) is 60.3 Å². The molecule has 0 aromatic heterocycles. The molecule has 0 N–H and O–H groups in total. The van der Waals surface area contributed by atoms with E-state index in [1.165, 1.54) is 20.1 Å². The van der Waals surface area contributed by atoms with Crippen LogP contribution in [0.3, 0.4) is 0 Å². The number of unbranched alkanes of at least 4 members (excludes halogenated alkanes) is 3. The van der Waals surface area contributed by atoms with Crippen LogP contribution in [0.25, 0.3) is 0 Å². The van der Waals surface area contributed by atoms with E-state index >= 15 is 0 Å². The van der Waals surface area contributed by atoms with Crippen molar-refractivity contribution in [1.82, 2.24) is 0 Å². The van der Waals surface area contributed by atoms with Crippen molar-refractivity contribution >= 4 is 42.5 Å². The summed E-state index contributed by atoms with van der Waals surface area (Å²) in [6, 6.07) is 0. The van der Waals surface area contributed by atoms with Gasteiger partial charge in [-0.05, 0) is 51.7 Å². The van der Waals surface area contributed by atoms with Crippen LogP contribution >= 0.6 is 0 Å². The molecule has 4 unspecified atom stereocenters. The monoisotopic (exact) mass is 484 g/mol. The van der Waals surface area contributed by atoms with Crippen molar-refractivity contribution in [3.63, 3.8) is 0 Å². The van der Waals surface area contributed by atoms with Crippen molar-refractivity contribution in [1.29, 1.82) is 0 Å². The van der Waals surface area contributed by atoms with E-state index in [1.807, 2.05) is 0 Å². The van der Waals surface area contributed by atoms with E-state index in [2.05, 4.69) is 0 Å². The van der Waals surface area contributed by atoms with Gasteiger partial charge in [0.05, 0.1) is 23.4 Å². The Morgan fingerprint density at radius 2 is 1.36 bits per heavy atom. The maximum Gasteiger partial charge on any atom is 0.271 e. The molecule has 0 radical (unpaired) electrons. The summed E-state index contributed by atoms with van der Waals surface area (Å²) < 4.78 is 85.1. The third-order valence-electron chi connectivity index (χ3n) is 3.17. The lowest BCUT2D eigenvalue weighted by Gasteiger charge is -2.20. The van der Waals surface area contributed by atoms with Crippen molar-refractivity contribution in [3.8, 4) is 0 Å². The molecule has 4 atom stereocenters. The van der Waals surface area contributed by atoms with Crippen molar-refractivity contribution < 1.29 is 38.1 Å². The summed E-state index contributed by atoms with van der Waals surface area (Å²) in [4.78, 5) is 0. The van der Waals surface area contributed by atoms with Gasteiger partial charge in [0.15, 0.2) is 16.5 Å². The van der Waals surface area contributed by atoms with Gasteiger partial charge in [0, 0.05) is 6.92 Å². The van der Waals surface area contributed by atoms with E-state index in [0.29, 0.717) is 19.3 Å². The first-order valence-electron chi connectivity index (χ1n) is 8.79. The minimum atomic E-state index is -3.87. The lowest BCUT2D eigenvalue weighted by Crippen LogP contribution is -2.29. The average molecular weight is 485 g/mol. The zero-order valence-electron chi connectivity index (χ0n) is 17.2. The van der Waals surface area contributed by atoms with Gasteiger partial charge in [0.2, 0.25) is 5.44 Å². The summed E-state index contributed by atoms with van der Waals surface area (Å²) in [5, 5.41) is 0. The maximum atomic E-state index is 11.9. The van der Waals surface area contributed by atoms with Crippen molar-refractivity contribution in [2.75, 3.05) is 17.8 Å². The van der Waals surface area contributed by atoms with Crippen LogP contribution in [0.5, 0.6) is 0 Å². The van der Waals surface area contributed by atoms with Gasteiger partial charge in [-0.3, -0.25) is 8.37 Å². The normalized spacial score (nSPS) is 17.8. The van der Waals surface area contributed by atoms with Crippen LogP contribution in [0, 0.1) is 0 Å². The molecule has 0 aromatic carbocycles. The highest BCUT2D eigenvalue weighted by atomic mass is 32.2. The summed E-state index contributed by atoms with van der Waals surface area (Å²) in [5.74, 6) is -0.489. The first-order chi connectivity index (χ1) is 12.5. The molecule has 0 aromatic rings. The van der Waals surface area contributed by atoms with E-state index in [0.717, 1.165) is 0 Å². The van der Waals surface area contributed by atoms with Crippen LogP contribution in [-0.2, 0) is 55.0 Å². The van der Waals surface area contributed by atoms with Crippen molar-refractivity contribution in [2.45, 2.75) is 76.8 Å². The first kappa shape index (κ1) is 28.2. The van der Waals surface area contributed by atoms with Crippen LogP contribution in [0.4, 0.5) is 0 Å². The highest BCUT2D eigenvalue weighted by Crippen LogP contribution is 2.16. The van der Waals surface area contributed by atoms with Gasteiger partial charge in [0.1, 0.15) is 0 Å². The molecule has 0 amide bonds.